The molecule has 200 valence electrons. The molecule has 8 nitrogen and oxygen atoms in total. The fourth-order valence-electron chi connectivity index (χ4n) is 7.95. The molecule has 5 rings (SSSR count). The Morgan fingerprint density at radius 3 is 1.94 bits per heavy atom. The van der Waals surface area contributed by atoms with Crippen molar-refractivity contribution in [2.75, 3.05) is 7.05 Å². The van der Waals surface area contributed by atoms with Gasteiger partial charge in [0.05, 0.1) is 5.92 Å². The molecule has 0 aromatic rings. The van der Waals surface area contributed by atoms with Crippen LogP contribution in [0.2, 0.25) is 0 Å². The van der Waals surface area contributed by atoms with Crippen LogP contribution < -0.4 is 0 Å². The third-order valence-corrected chi connectivity index (χ3v) is 9.84. The maximum atomic E-state index is 13.6. The lowest BCUT2D eigenvalue weighted by Gasteiger charge is -2.55. The van der Waals surface area contributed by atoms with Gasteiger partial charge in [-0.2, -0.15) is 0 Å². The van der Waals surface area contributed by atoms with E-state index >= 15 is 0 Å². The second kappa shape index (κ2) is 11.2. The average Bonchev–Trinajstić information content (AvgIpc) is 3.20. The normalized spacial score (nSPS) is 37.2. The number of carbonyl (C=O) groups excluding carboxylic acids is 4. The van der Waals surface area contributed by atoms with E-state index in [2.05, 4.69) is 11.9 Å². The van der Waals surface area contributed by atoms with Gasteiger partial charge in [0.2, 0.25) is 0 Å². The van der Waals surface area contributed by atoms with Crippen molar-refractivity contribution in [2.24, 2.45) is 23.7 Å². The van der Waals surface area contributed by atoms with Gasteiger partial charge in [-0.1, -0.05) is 25.7 Å². The van der Waals surface area contributed by atoms with Crippen LogP contribution in [0.1, 0.15) is 103 Å². The maximum Gasteiger partial charge on any atom is 0.333 e. The minimum Gasteiger partial charge on any atom is -0.462 e. The number of amides is 2. The molecule has 0 radical (unpaired) electrons. The number of carbonyl (C=O) groups is 4. The SMILES string of the molecule is CN1C2CCCCC2C(C(=O)OC2CCC(CCC(=O)ON3C(=O)CCC3=O)CC2)C2CCCCC21. The fraction of sp³-hybridized carbons (Fsp3) is 0.857. The highest BCUT2D eigenvalue weighted by Gasteiger charge is 2.52. The highest BCUT2D eigenvalue weighted by atomic mass is 16.7. The average molecular weight is 503 g/mol. The van der Waals surface area contributed by atoms with Crippen LogP contribution in [0.25, 0.3) is 0 Å². The Balaban J connectivity index is 1.10. The Hall–Kier alpha value is -1.96. The van der Waals surface area contributed by atoms with Gasteiger partial charge in [0.25, 0.3) is 11.8 Å². The van der Waals surface area contributed by atoms with Gasteiger partial charge in [0.1, 0.15) is 6.10 Å². The van der Waals surface area contributed by atoms with Crippen molar-refractivity contribution in [1.82, 2.24) is 9.96 Å². The van der Waals surface area contributed by atoms with Crippen LogP contribution >= 0.6 is 0 Å². The predicted octanol–water partition coefficient (Wildman–Crippen LogP) is 4.16. The number of nitrogens with zero attached hydrogens (tertiary/aromatic N) is 2. The predicted molar refractivity (Wildman–Crippen MR) is 131 cm³/mol. The number of esters is 1. The molecular weight excluding hydrogens is 460 g/mol. The van der Waals surface area contributed by atoms with Gasteiger partial charge in [-0.3, -0.25) is 19.3 Å². The Morgan fingerprint density at radius 2 is 1.36 bits per heavy atom. The van der Waals surface area contributed by atoms with E-state index in [0.717, 1.165) is 38.5 Å². The zero-order valence-corrected chi connectivity index (χ0v) is 21.7. The fourth-order valence-corrected chi connectivity index (χ4v) is 7.95. The summed E-state index contributed by atoms with van der Waals surface area (Å²) < 4.78 is 6.22. The first-order valence-corrected chi connectivity index (χ1v) is 14.4. The summed E-state index contributed by atoms with van der Waals surface area (Å²) in [6.45, 7) is 0. The molecule has 2 saturated heterocycles. The number of likely N-dealkylation sites (tertiary alicyclic amines) is 1. The Labute approximate surface area is 214 Å². The summed E-state index contributed by atoms with van der Waals surface area (Å²) in [5.74, 6) is -0.0627. The van der Waals surface area contributed by atoms with Crippen molar-refractivity contribution in [3.05, 3.63) is 0 Å². The van der Waals surface area contributed by atoms with E-state index in [4.69, 9.17) is 9.57 Å². The van der Waals surface area contributed by atoms with Gasteiger partial charge < -0.3 is 9.57 Å². The molecule has 3 saturated carbocycles. The monoisotopic (exact) mass is 502 g/mol. The van der Waals surface area contributed by atoms with Crippen LogP contribution in [-0.2, 0) is 28.8 Å². The van der Waals surface area contributed by atoms with Crippen molar-refractivity contribution in [2.45, 2.75) is 121 Å². The van der Waals surface area contributed by atoms with E-state index < -0.39 is 17.8 Å². The first-order chi connectivity index (χ1) is 17.4. The zero-order valence-electron chi connectivity index (χ0n) is 21.7. The minimum absolute atomic E-state index is 0.0238. The summed E-state index contributed by atoms with van der Waals surface area (Å²) in [6, 6.07) is 1.05. The highest BCUT2D eigenvalue weighted by Crippen LogP contribution is 2.49. The molecule has 2 amide bonds. The quantitative estimate of drug-likeness (QED) is 0.398. The van der Waals surface area contributed by atoms with E-state index in [9.17, 15) is 19.2 Å². The lowest BCUT2D eigenvalue weighted by atomic mass is 9.62. The number of ether oxygens (including phenoxy) is 1. The largest absolute Gasteiger partial charge is 0.462 e. The molecule has 0 spiro atoms. The first kappa shape index (κ1) is 25.7. The second-order valence-corrected chi connectivity index (χ2v) is 11.9. The molecule has 5 fully saturated rings. The van der Waals surface area contributed by atoms with E-state index in [1.54, 1.807) is 0 Å². The van der Waals surface area contributed by atoms with Crippen molar-refractivity contribution >= 4 is 23.8 Å². The van der Waals surface area contributed by atoms with E-state index in [0.29, 0.717) is 41.3 Å². The van der Waals surface area contributed by atoms with Crippen LogP contribution in [0.3, 0.4) is 0 Å². The standard InChI is InChI=1S/C28H42N2O6/c1-29-22-8-4-2-6-20(22)27(21-7-3-5-9-23(21)29)28(34)35-19-13-10-18(11-14-19)12-17-26(33)36-30-24(31)15-16-25(30)32/h18-23,27H,2-17H2,1H3. The molecule has 0 aromatic heterocycles. The van der Waals surface area contributed by atoms with Crippen LogP contribution in [0, 0.1) is 23.7 Å². The van der Waals surface area contributed by atoms with Crippen molar-refractivity contribution in [1.29, 1.82) is 0 Å². The van der Waals surface area contributed by atoms with E-state index in [1.165, 1.54) is 38.5 Å². The number of hydroxylamine groups is 2. The molecule has 4 atom stereocenters. The van der Waals surface area contributed by atoms with Gasteiger partial charge in [-0.15, -0.1) is 5.06 Å². The summed E-state index contributed by atoms with van der Waals surface area (Å²) in [6.07, 6.45) is 14.3. The van der Waals surface area contributed by atoms with Gasteiger partial charge in [-0.05, 0) is 82.6 Å². The lowest BCUT2D eigenvalue weighted by Crippen LogP contribution is -2.61. The molecule has 0 bridgehead atoms. The number of hydrogen-bond acceptors (Lipinski definition) is 7. The van der Waals surface area contributed by atoms with Gasteiger partial charge >= 0.3 is 11.9 Å². The number of hydrogen-bond donors (Lipinski definition) is 0. The molecular formula is C28H42N2O6. The highest BCUT2D eigenvalue weighted by molar-refractivity contribution is 6.01. The summed E-state index contributed by atoms with van der Waals surface area (Å²) in [5, 5.41) is 0.620. The Bertz CT molecular complexity index is 813. The molecule has 2 aliphatic heterocycles. The van der Waals surface area contributed by atoms with Crippen LogP contribution in [0.15, 0.2) is 0 Å². The van der Waals surface area contributed by atoms with Crippen molar-refractivity contribution in [3.63, 3.8) is 0 Å². The molecule has 5 aliphatic rings. The Kier molecular flexibility index (Phi) is 7.99. The molecule has 3 aliphatic carbocycles. The second-order valence-electron chi connectivity index (χ2n) is 11.9. The van der Waals surface area contributed by atoms with Crippen molar-refractivity contribution in [3.8, 4) is 0 Å². The van der Waals surface area contributed by atoms with Gasteiger partial charge in [0, 0.05) is 31.3 Å². The first-order valence-electron chi connectivity index (χ1n) is 14.4. The molecule has 0 N–H and O–H groups in total. The molecule has 4 unspecified atom stereocenters. The molecule has 36 heavy (non-hydrogen) atoms. The van der Waals surface area contributed by atoms with Crippen LogP contribution in [-0.4, -0.2) is 59.0 Å². The third-order valence-electron chi connectivity index (χ3n) is 9.84. The maximum absolute atomic E-state index is 13.6. The van der Waals surface area contributed by atoms with E-state index in [1.807, 2.05) is 0 Å². The topological polar surface area (TPSA) is 93.2 Å². The van der Waals surface area contributed by atoms with E-state index in [-0.39, 0.29) is 37.3 Å². The number of imide groups is 1. The zero-order chi connectivity index (χ0) is 25.2. The summed E-state index contributed by atoms with van der Waals surface area (Å²) >= 11 is 0. The van der Waals surface area contributed by atoms with Gasteiger partial charge in [-0.25, -0.2) is 4.79 Å². The summed E-state index contributed by atoms with van der Waals surface area (Å²) in [4.78, 5) is 56.6. The third kappa shape index (κ3) is 5.34. The smallest absolute Gasteiger partial charge is 0.333 e. The Morgan fingerprint density at radius 1 is 0.806 bits per heavy atom. The summed E-state index contributed by atoms with van der Waals surface area (Å²) in [5.41, 5.74) is 0. The number of fused-ring (bicyclic) bond motifs is 2. The number of rotatable bonds is 6. The van der Waals surface area contributed by atoms with Gasteiger partial charge in [0.15, 0.2) is 0 Å². The number of piperidine rings is 1. The molecule has 8 heteroatoms. The van der Waals surface area contributed by atoms with Crippen molar-refractivity contribution < 1.29 is 28.8 Å². The minimum atomic E-state index is -0.529. The van der Waals surface area contributed by atoms with Crippen LogP contribution in [0.5, 0.6) is 0 Å². The summed E-state index contributed by atoms with van der Waals surface area (Å²) in [7, 11) is 2.30. The molecule has 2 heterocycles. The lowest BCUT2D eigenvalue weighted by molar-refractivity contribution is -0.197. The van der Waals surface area contributed by atoms with Crippen LogP contribution in [0.4, 0.5) is 0 Å². The molecule has 0 aromatic carbocycles.